The maximum atomic E-state index is 0. The molecule has 30 valence electrons. The topological polar surface area (TPSA) is 0 Å². The van der Waals surface area contributed by atoms with E-state index in [0.29, 0.717) is 0 Å². The molecule has 4 heavy (non-hydrogen) atoms. The first-order valence-corrected chi connectivity index (χ1v) is 0. The minimum Gasteiger partial charge on any atom is -1.00 e. The summed E-state index contributed by atoms with van der Waals surface area (Å²) in [5.74, 6) is 0. The molecular formula is I3W-3. The summed E-state index contributed by atoms with van der Waals surface area (Å²) in [7, 11) is 0. The third-order valence-corrected chi connectivity index (χ3v) is 0. The predicted octanol–water partition coefficient (Wildman–Crippen LogP) is -8.99. The molecule has 0 aromatic carbocycles. The molecule has 0 rings (SSSR count). The molecule has 0 fully saturated rings. The van der Waals surface area contributed by atoms with Gasteiger partial charge in [0, 0.05) is 21.1 Å². The van der Waals surface area contributed by atoms with E-state index in [1.54, 1.807) is 0 Å². The average Bonchev–Trinajstić information content (AvgIpc) is 0. The van der Waals surface area contributed by atoms with Gasteiger partial charge in [-0.3, -0.25) is 0 Å². The molecule has 0 aliphatic rings. The second-order valence-corrected chi connectivity index (χ2v) is 0. The molecule has 0 aromatic rings. The molecule has 0 saturated carbocycles. The number of rotatable bonds is 0. The SMILES string of the molecule is [I-].[I-].[I-].[W]. The molecule has 0 amide bonds. The third kappa shape index (κ3) is 8.86. The van der Waals surface area contributed by atoms with Crippen LogP contribution in [0.25, 0.3) is 0 Å². The largest absolute Gasteiger partial charge is 1.00 e. The van der Waals surface area contributed by atoms with Gasteiger partial charge in [0.1, 0.15) is 0 Å². The van der Waals surface area contributed by atoms with Crippen molar-refractivity contribution >= 4 is 0 Å². The Morgan fingerprint density at radius 3 is 0.500 bits per heavy atom. The summed E-state index contributed by atoms with van der Waals surface area (Å²) in [5.41, 5.74) is 0. The Labute approximate surface area is 91.2 Å². The summed E-state index contributed by atoms with van der Waals surface area (Å²) >= 11 is 0. The first-order valence-electron chi connectivity index (χ1n) is 0. The monoisotopic (exact) mass is 565 g/mol. The van der Waals surface area contributed by atoms with E-state index in [9.17, 15) is 0 Å². The van der Waals surface area contributed by atoms with Gasteiger partial charge in [-0.1, -0.05) is 0 Å². The van der Waals surface area contributed by atoms with Gasteiger partial charge < -0.3 is 71.9 Å². The zero-order valence-electron chi connectivity index (χ0n) is 1.54. The van der Waals surface area contributed by atoms with Crippen LogP contribution in [0.3, 0.4) is 0 Å². The Kier molecular flexibility index (Phi) is 121. The van der Waals surface area contributed by atoms with E-state index < -0.39 is 0 Å². The van der Waals surface area contributed by atoms with Gasteiger partial charge in [0.25, 0.3) is 0 Å². The van der Waals surface area contributed by atoms with Crippen LogP contribution in [0.4, 0.5) is 0 Å². The number of hydrogen-bond donors (Lipinski definition) is 0. The molecule has 0 aliphatic heterocycles. The quantitative estimate of drug-likeness (QED) is 0.257. The van der Waals surface area contributed by atoms with Crippen LogP contribution in [0.15, 0.2) is 0 Å². The molecule has 0 radical (unpaired) electrons. The second kappa shape index (κ2) is 16.9. The summed E-state index contributed by atoms with van der Waals surface area (Å²) in [6, 6.07) is 0. The van der Waals surface area contributed by atoms with E-state index in [1.807, 2.05) is 0 Å². The molecule has 0 aromatic heterocycles. The van der Waals surface area contributed by atoms with Crippen molar-refractivity contribution in [2.45, 2.75) is 0 Å². The first kappa shape index (κ1) is 28.7. The normalized spacial score (nSPS) is 0. The summed E-state index contributed by atoms with van der Waals surface area (Å²) in [5, 5.41) is 0. The van der Waals surface area contributed by atoms with Crippen LogP contribution in [0.5, 0.6) is 0 Å². The van der Waals surface area contributed by atoms with Crippen molar-refractivity contribution in [1.82, 2.24) is 0 Å². The van der Waals surface area contributed by atoms with Crippen molar-refractivity contribution in [2.24, 2.45) is 0 Å². The van der Waals surface area contributed by atoms with Crippen LogP contribution in [-0.2, 0) is 21.1 Å². The standard InChI is InChI=1S/3HI.W/h3*1H;/p-3. The zero-order valence-corrected chi connectivity index (χ0v) is 10.9. The Hall–Kier alpha value is 2.88. The average molecular weight is 565 g/mol. The Bertz CT molecular complexity index is 3.25. The van der Waals surface area contributed by atoms with Crippen LogP contribution < -0.4 is 71.9 Å². The van der Waals surface area contributed by atoms with Crippen molar-refractivity contribution < 1.29 is 93.0 Å². The van der Waals surface area contributed by atoms with E-state index in [4.69, 9.17) is 0 Å². The van der Waals surface area contributed by atoms with Gasteiger partial charge in [-0.05, 0) is 0 Å². The van der Waals surface area contributed by atoms with Crippen molar-refractivity contribution in [3.05, 3.63) is 0 Å². The fraction of sp³-hybridized carbons (Fsp3) is 0. The summed E-state index contributed by atoms with van der Waals surface area (Å²) < 4.78 is 0. The smallest absolute Gasteiger partial charge is 0 e. The van der Waals surface area contributed by atoms with Crippen LogP contribution in [0.1, 0.15) is 0 Å². The van der Waals surface area contributed by atoms with Crippen LogP contribution in [0.2, 0.25) is 0 Å². The molecule has 0 N–H and O–H groups in total. The van der Waals surface area contributed by atoms with Crippen molar-refractivity contribution in [3.63, 3.8) is 0 Å². The minimum absolute atomic E-state index is 0. The fourth-order valence-corrected chi connectivity index (χ4v) is 0. The van der Waals surface area contributed by atoms with Crippen molar-refractivity contribution in [3.8, 4) is 0 Å². The Morgan fingerprint density at radius 1 is 0.500 bits per heavy atom. The van der Waals surface area contributed by atoms with Crippen LogP contribution in [-0.4, -0.2) is 0 Å². The van der Waals surface area contributed by atoms with Gasteiger partial charge in [0.15, 0.2) is 0 Å². The minimum atomic E-state index is 0. The van der Waals surface area contributed by atoms with Gasteiger partial charge in [-0.2, -0.15) is 0 Å². The van der Waals surface area contributed by atoms with Gasteiger partial charge in [0.2, 0.25) is 0 Å². The van der Waals surface area contributed by atoms with E-state index in [1.165, 1.54) is 0 Å². The van der Waals surface area contributed by atoms with Gasteiger partial charge in [-0.15, -0.1) is 0 Å². The number of halogens is 3. The predicted molar refractivity (Wildman–Crippen MR) is 0 cm³/mol. The molecule has 0 saturated heterocycles. The van der Waals surface area contributed by atoms with E-state index in [2.05, 4.69) is 0 Å². The zero-order chi connectivity index (χ0) is 0. The molecular weight excluding hydrogens is 565 g/mol. The molecule has 0 aliphatic carbocycles. The number of hydrogen-bond acceptors (Lipinski definition) is 0. The maximum Gasteiger partial charge on any atom is 0 e. The molecule has 0 spiro atoms. The van der Waals surface area contributed by atoms with E-state index in [0.717, 1.165) is 0 Å². The molecule has 4 heteroatoms. The van der Waals surface area contributed by atoms with Crippen molar-refractivity contribution in [1.29, 1.82) is 0 Å². The van der Waals surface area contributed by atoms with Gasteiger partial charge in [-0.25, -0.2) is 0 Å². The third-order valence-electron chi connectivity index (χ3n) is 0. The Balaban J connectivity index is 0. The van der Waals surface area contributed by atoms with E-state index >= 15 is 0 Å². The molecule has 0 nitrogen and oxygen atoms in total. The maximum absolute atomic E-state index is 0. The van der Waals surface area contributed by atoms with Crippen LogP contribution >= 0.6 is 0 Å². The molecule has 0 atom stereocenters. The summed E-state index contributed by atoms with van der Waals surface area (Å²) in [4.78, 5) is 0. The molecule has 0 heterocycles. The second-order valence-electron chi connectivity index (χ2n) is 0. The Morgan fingerprint density at radius 2 is 0.500 bits per heavy atom. The molecule has 0 unspecified atom stereocenters. The fourth-order valence-electron chi connectivity index (χ4n) is 0. The van der Waals surface area contributed by atoms with E-state index in [-0.39, 0.29) is 93.0 Å². The van der Waals surface area contributed by atoms with Crippen molar-refractivity contribution in [2.75, 3.05) is 0 Å². The summed E-state index contributed by atoms with van der Waals surface area (Å²) in [6.07, 6.45) is 0. The summed E-state index contributed by atoms with van der Waals surface area (Å²) in [6.45, 7) is 0. The molecule has 0 bridgehead atoms. The van der Waals surface area contributed by atoms with Gasteiger partial charge >= 0.3 is 0 Å². The first-order chi connectivity index (χ1) is 0. The van der Waals surface area contributed by atoms with Gasteiger partial charge in [0.05, 0.1) is 0 Å². The van der Waals surface area contributed by atoms with Crippen LogP contribution in [0, 0.1) is 0 Å².